The van der Waals surface area contributed by atoms with Gasteiger partial charge in [-0.2, -0.15) is 0 Å². The molecule has 1 fully saturated rings. The smallest absolute Gasteiger partial charge is 0.123 e. The molecular weight excluding hydrogens is 359 g/mol. The molecule has 0 amide bonds. The predicted molar refractivity (Wildman–Crippen MR) is 109 cm³/mol. The standard InChI is InChI=1S/C22H25FN2OS/c23-17-7-8-22-20(16-17)18(19-4-1-2-6-21(19)27-22)5-3-9-24-10-12-25(13-11-24)14-15-26/h1-2,4-8,16,26H,3,9-15H2/b18-5-. The van der Waals surface area contributed by atoms with E-state index in [0.717, 1.165) is 61.7 Å². The number of hydrogen-bond donors (Lipinski definition) is 1. The van der Waals surface area contributed by atoms with Crippen LogP contribution in [0.5, 0.6) is 0 Å². The van der Waals surface area contributed by atoms with E-state index in [2.05, 4.69) is 40.1 Å². The number of aliphatic hydroxyl groups is 1. The SMILES string of the molecule is OCCN1CCN(CC/C=C2/c3ccccc3Sc3ccc(F)cc32)CC1. The number of aliphatic hydroxyl groups excluding tert-OH is 1. The summed E-state index contributed by atoms with van der Waals surface area (Å²) in [5.41, 5.74) is 3.36. The van der Waals surface area contributed by atoms with Gasteiger partial charge in [0.25, 0.3) is 0 Å². The third-order valence-electron chi connectivity index (χ3n) is 5.30. The van der Waals surface area contributed by atoms with Gasteiger partial charge in [0.05, 0.1) is 6.61 Å². The van der Waals surface area contributed by atoms with Crippen LogP contribution in [0, 0.1) is 5.82 Å². The molecule has 0 radical (unpaired) electrons. The summed E-state index contributed by atoms with van der Waals surface area (Å²) in [5, 5.41) is 9.06. The van der Waals surface area contributed by atoms with Gasteiger partial charge in [-0.05, 0) is 47.4 Å². The number of hydrogen-bond acceptors (Lipinski definition) is 4. The maximum Gasteiger partial charge on any atom is 0.123 e. The minimum absolute atomic E-state index is 0.181. The lowest BCUT2D eigenvalue weighted by Crippen LogP contribution is -2.47. The van der Waals surface area contributed by atoms with Gasteiger partial charge in [-0.15, -0.1) is 0 Å². The summed E-state index contributed by atoms with van der Waals surface area (Å²) in [4.78, 5) is 7.14. The number of halogens is 1. The molecule has 0 unspecified atom stereocenters. The van der Waals surface area contributed by atoms with Gasteiger partial charge in [0.1, 0.15) is 5.82 Å². The zero-order valence-electron chi connectivity index (χ0n) is 15.4. The van der Waals surface area contributed by atoms with E-state index in [1.165, 1.54) is 10.5 Å². The Balaban J connectivity index is 1.49. The molecule has 2 aromatic carbocycles. The van der Waals surface area contributed by atoms with Crippen molar-refractivity contribution in [3.63, 3.8) is 0 Å². The van der Waals surface area contributed by atoms with Crippen molar-refractivity contribution in [1.82, 2.24) is 9.80 Å². The largest absolute Gasteiger partial charge is 0.395 e. The fraction of sp³-hybridized carbons (Fsp3) is 0.364. The highest BCUT2D eigenvalue weighted by molar-refractivity contribution is 7.99. The van der Waals surface area contributed by atoms with Crippen LogP contribution in [0.4, 0.5) is 4.39 Å². The molecule has 0 aliphatic carbocycles. The molecule has 1 saturated heterocycles. The van der Waals surface area contributed by atoms with Crippen molar-refractivity contribution in [1.29, 1.82) is 0 Å². The second-order valence-corrected chi connectivity index (χ2v) is 8.14. The summed E-state index contributed by atoms with van der Waals surface area (Å²) >= 11 is 1.72. The highest BCUT2D eigenvalue weighted by atomic mass is 32.2. The molecule has 4 rings (SSSR count). The minimum Gasteiger partial charge on any atom is -0.395 e. The summed E-state index contributed by atoms with van der Waals surface area (Å²) in [7, 11) is 0. The molecule has 2 heterocycles. The summed E-state index contributed by atoms with van der Waals surface area (Å²) in [5.74, 6) is -0.181. The van der Waals surface area contributed by atoms with E-state index in [1.807, 2.05) is 6.07 Å². The van der Waals surface area contributed by atoms with Gasteiger partial charge in [-0.3, -0.25) is 4.90 Å². The molecule has 0 spiro atoms. The Morgan fingerprint density at radius 3 is 2.41 bits per heavy atom. The molecule has 0 aromatic heterocycles. The Labute approximate surface area is 164 Å². The summed E-state index contributed by atoms with van der Waals surface area (Å²) in [6.07, 6.45) is 3.22. The first-order valence-corrected chi connectivity index (χ1v) is 10.4. The molecule has 27 heavy (non-hydrogen) atoms. The van der Waals surface area contributed by atoms with E-state index in [0.29, 0.717) is 0 Å². The lowest BCUT2D eigenvalue weighted by molar-refractivity contribution is 0.114. The normalized spacial score (nSPS) is 19.1. The Morgan fingerprint density at radius 2 is 1.63 bits per heavy atom. The van der Waals surface area contributed by atoms with Crippen LogP contribution in [0.3, 0.4) is 0 Å². The molecule has 2 aromatic rings. The first-order chi connectivity index (χ1) is 13.2. The number of β-amino-alcohol motifs (C(OH)–C–C–N with tert-alkyl or cyclic N) is 1. The van der Waals surface area contributed by atoms with Gasteiger partial charge in [0, 0.05) is 49.1 Å². The zero-order valence-corrected chi connectivity index (χ0v) is 16.2. The Hall–Kier alpha value is -1.66. The average Bonchev–Trinajstić information content (AvgIpc) is 2.69. The van der Waals surface area contributed by atoms with Crippen molar-refractivity contribution in [2.45, 2.75) is 16.2 Å². The first kappa shape index (κ1) is 18.7. The van der Waals surface area contributed by atoms with Crippen molar-refractivity contribution in [3.8, 4) is 0 Å². The van der Waals surface area contributed by atoms with E-state index in [4.69, 9.17) is 5.11 Å². The topological polar surface area (TPSA) is 26.7 Å². The number of rotatable bonds is 5. The van der Waals surface area contributed by atoms with Crippen molar-refractivity contribution >= 4 is 17.3 Å². The molecule has 3 nitrogen and oxygen atoms in total. The molecule has 0 atom stereocenters. The molecule has 0 saturated carbocycles. The minimum atomic E-state index is -0.181. The third kappa shape index (κ3) is 4.27. The second-order valence-electron chi connectivity index (χ2n) is 7.05. The van der Waals surface area contributed by atoms with E-state index in [1.54, 1.807) is 23.9 Å². The van der Waals surface area contributed by atoms with Gasteiger partial charge < -0.3 is 10.0 Å². The van der Waals surface area contributed by atoms with Gasteiger partial charge in [0.2, 0.25) is 0 Å². The van der Waals surface area contributed by atoms with E-state index >= 15 is 0 Å². The van der Waals surface area contributed by atoms with Crippen molar-refractivity contribution < 1.29 is 9.50 Å². The van der Waals surface area contributed by atoms with Crippen LogP contribution in [0.25, 0.3) is 5.57 Å². The van der Waals surface area contributed by atoms with Crippen LogP contribution in [0.1, 0.15) is 17.5 Å². The van der Waals surface area contributed by atoms with Crippen LogP contribution >= 0.6 is 11.8 Å². The molecular formula is C22H25FN2OS. The molecule has 2 aliphatic heterocycles. The fourth-order valence-corrected chi connectivity index (χ4v) is 4.92. The lowest BCUT2D eigenvalue weighted by Gasteiger charge is -2.34. The Kier molecular flexibility index (Phi) is 5.93. The van der Waals surface area contributed by atoms with Gasteiger partial charge >= 0.3 is 0 Å². The van der Waals surface area contributed by atoms with Crippen LogP contribution < -0.4 is 0 Å². The third-order valence-corrected chi connectivity index (χ3v) is 6.46. The monoisotopic (exact) mass is 384 g/mol. The highest BCUT2D eigenvalue weighted by Gasteiger charge is 2.21. The van der Waals surface area contributed by atoms with Gasteiger partial charge in [-0.25, -0.2) is 4.39 Å². The van der Waals surface area contributed by atoms with Crippen LogP contribution in [0.2, 0.25) is 0 Å². The maximum atomic E-state index is 13.9. The summed E-state index contributed by atoms with van der Waals surface area (Å²) < 4.78 is 13.9. The predicted octanol–water partition coefficient (Wildman–Crippen LogP) is 3.72. The average molecular weight is 385 g/mol. The van der Waals surface area contributed by atoms with Crippen LogP contribution in [0.15, 0.2) is 58.3 Å². The summed E-state index contributed by atoms with van der Waals surface area (Å²) in [6, 6.07) is 13.5. The number of fused-ring (bicyclic) bond motifs is 2. The number of nitrogens with zero attached hydrogens (tertiary/aromatic N) is 2. The second kappa shape index (κ2) is 8.57. The van der Waals surface area contributed by atoms with E-state index in [9.17, 15) is 4.39 Å². The zero-order chi connectivity index (χ0) is 18.6. The molecule has 0 bridgehead atoms. The summed E-state index contributed by atoms with van der Waals surface area (Å²) in [6.45, 7) is 6.14. The Bertz CT molecular complexity index is 831. The van der Waals surface area contributed by atoms with Crippen molar-refractivity contribution in [2.24, 2.45) is 0 Å². The quantitative estimate of drug-likeness (QED) is 0.725. The molecule has 2 aliphatic rings. The lowest BCUT2D eigenvalue weighted by atomic mass is 9.96. The van der Waals surface area contributed by atoms with Gasteiger partial charge in [0.15, 0.2) is 0 Å². The molecule has 142 valence electrons. The fourth-order valence-electron chi connectivity index (χ4n) is 3.83. The van der Waals surface area contributed by atoms with Crippen LogP contribution in [-0.4, -0.2) is 60.8 Å². The Morgan fingerprint density at radius 1 is 0.926 bits per heavy atom. The maximum absolute atomic E-state index is 13.9. The van der Waals surface area contributed by atoms with Gasteiger partial charge in [-0.1, -0.05) is 36.0 Å². The first-order valence-electron chi connectivity index (χ1n) is 9.57. The number of piperazine rings is 1. The van der Waals surface area contributed by atoms with Crippen molar-refractivity contribution in [3.05, 3.63) is 65.5 Å². The van der Waals surface area contributed by atoms with E-state index in [-0.39, 0.29) is 12.4 Å². The number of benzene rings is 2. The van der Waals surface area contributed by atoms with Crippen molar-refractivity contribution in [2.75, 3.05) is 45.9 Å². The molecule has 1 N–H and O–H groups in total. The molecule has 5 heteroatoms. The highest BCUT2D eigenvalue weighted by Crippen LogP contribution is 2.45. The van der Waals surface area contributed by atoms with Crippen LogP contribution in [-0.2, 0) is 0 Å². The van der Waals surface area contributed by atoms with E-state index < -0.39 is 0 Å².